The molecule has 0 radical (unpaired) electrons. The lowest BCUT2D eigenvalue weighted by molar-refractivity contribution is -0.142. The van der Waals surface area contributed by atoms with Crippen molar-refractivity contribution in [3.05, 3.63) is 53.6 Å². The first-order chi connectivity index (χ1) is 18.9. The third-order valence-corrected chi connectivity index (χ3v) is 10.5. The van der Waals surface area contributed by atoms with Crippen molar-refractivity contribution in [3.8, 4) is 5.75 Å². The fraction of sp³-hybridized carbons (Fsp3) is 0.414. The molecular weight excluding hydrogens is 559 g/mol. The Labute approximate surface area is 239 Å². The summed E-state index contributed by atoms with van der Waals surface area (Å²) in [6, 6.07) is 10.2. The van der Waals surface area contributed by atoms with Crippen LogP contribution in [-0.2, 0) is 24.0 Å². The third kappa shape index (κ3) is 3.37. The number of likely N-dealkylation sites (tertiary alicyclic amines) is 2. The van der Waals surface area contributed by atoms with Gasteiger partial charge in [0.05, 0.1) is 11.8 Å². The summed E-state index contributed by atoms with van der Waals surface area (Å²) >= 11 is 14.4. The second-order valence-corrected chi connectivity index (χ2v) is 12.3. The van der Waals surface area contributed by atoms with Crippen molar-refractivity contribution in [2.75, 3.05) is 13.6 Å². The number of carboxylic acids is 1. The average Bonchev–Trinajstić information content (AvgIpc) is 3.24. The number of aliphatic carboxylic acids is 1. The van der Waals surface area contributed by atoms with Gasteiger partial charge in [-0.3, -0.25) is 33.8 Å². The Morgan fingerprint density at radius 1 is 1.00 bits per heavy atom. The lowest BCUT2D eigenvalue weighted by atomic mass is 9.56. The van der Waals surface area contributed by atoms with E-state index in [1.807, 2.05) is 6.08 Å². The molecule has 6 atom stereocenters. The van der Waals surface area contributed by atoms with Gasteiger partial charge in [0, 0.05) is 31.3 Å². The van der Waals surface area contributed by atoms with Crippen LogP contribution in [0, 0.1) is 17.8 Å². The average molecular weight is 585 g/mol. The molecule has 4 amide bonds. The molecule has 2 aliphatic heterocycles. The van der Waals surface area contributed by atoms with E-state index in [2.05, 4.69) is 0 Å². The normalized spacial score (nSPS) is 33.2. The fourth-order valence-corrected chi connectivity index (χ4v) is 8.33. The van der Waals surface area contributed by atoms with Gasteiger partial charge in [-0.05, 0) is 42.2 Å². The number of phenolic OH excluding ortho intramolecular Hbond substituents is 1. The lowest BCUT2D eigenvalue weighted by Crippen LogP contribution is -2.60. The lowest BCUT2D eigenvalue weighted by Gasteiger charge is -2.51. The minimum Gasteiger partial charge on any atom is -0.507 e. The molecule has 2 heterocycles. The van der Waals surface area contributed by atoms with Gasteiger partial charge < -0.3 is 10.2 Å². The number of hydrogen-bond donors (Lipinski definition) is 2. The van der Waals surface area contributed by atoms with Crippen LogP contribution < -0.4 is 0 Å². The van der Waals surface area contributed by atoms with Crippen LogP contribution >= 0.6 is 23.2 Å². The zero-order valence-electron chi connectivity index (χ0n) is 21.5. The molecule has 1 saturated carbocycles. The van der Waals surface area contributed by atoms with Gasteiger partial charge in [-0.1, -0.05) is 42.0 Å². The molecule has 2 N–H and O–H groups in total. The summed E-state index contributed by atoms with van der Waals surface area (Å²) in [6.07, 6.45) is 1.90. The molecule has 2 saturated heterocycles. The predicted octanol–water partition coefficient (Wildman–Crippen LogP) is 3.40. The van der Waals surface area contributed by atoms with E-state index in [1.165, 1.54) is 13.1 Å². The highest BCUT2D eigenvalue weighted by Crippen LogP contribution is 2.65. The molecule has 208 valence electrons. The summed E-state index contributed by atoms with van der Waals surface area (Å²) in [5.74, 6) is -6.22. The first-order valence-electron chi connectivity index (χ1n) is 13.1. The summed E-state index contributed by atoms with van der Waals surface area (Å²) in [4.78, 5) is 63.6. The molecule has 2 aliphatic carbocycles. The van der Waals surface area contributed by atoms with E-state index < -0.39 is 57.1 Å². The zero-order valence-corrected chi connectivity index (χ0v) is 23.0. The Hall–Kier alpha value is -3.43. The van der Waals surface area contributed by atoms with Crippen LogP contribution in [0.15, 0.2) is 48.0 Å². The number of hydrogen-bond acceptors (Lipinski definition) is 6. The van der Waals surface area contributed by atoms with E-state index in [4.69, 9.17) is 28.3 Å². The van der Waals surface area contributed by atoms with Gasteiger partial charge in [-0.2, -0.15) is 0 Å². The van der Waals surface area contributed by atoms with Crippen molar-refractivity contribution < 1.29 is 34.2 Å². The molecule has 11 heteroatoms. The zero-order chi connectivity index (χ0) is 28.7. The number of imide groups is 2. The number of allylic oxidation sites excluding steroid dienone is 2. The van der Waals surface area contributed by atoms with Crippen LogP contribution in [0.3, 0.4) is 0 Å². The van der Waals surface area contributed by atoms with E-state index in [9.17, 15) is 29.1 Å². The van der Waals surface area contributed by atoms with Gasteiger partial charge in [-0.15, -0.1) is 23.2 Å². The maximum Gasteiger partial charge on any atom is 0.303 e. The summed E-state index contributed by atoms with van der Waals surface area (Å²) in [7, 11) is 1.33. The molecule has 9 nitrogen and oxygen atoms in total. The first kappa shape index (κ1) is 26.8. The molecule has 0 spiro atoms. The van der Waals surface area contributed by atoms with E-state index in [1.54, 1.807) is 30.3 Å². The topological polar surface area (TPSA) is 132 Å². The van der Waals surface area contributed by atoms with Gasteiger partial charge in [0.1, 0.15) is 5.75 Å². The van der Waals surface area contributed by atoms with E-state index in [-0.39, 0.29) is 43.9 Å². The number of aromatic hydroxyl groups is 1. The highest BCUT2D eigenvalue weighted by Gasteiger charge is 2.76. The summed E-state index contributed by atoms with van der Waals surface area (Å²) in [5, 5.41) is 20.7. The SMILES string of the molecule is CN1C(=O)C2(Cl)CC3C(=CCC4C(=O)N(CCCC(=O)O)C(=O)C43)C(c3ccc(O)c4ccccc34)C2(Cl)C1=O. The minimum absolute atomic E-state index is 0.0172. The molecule has 0 bridgehead atoms. The minimum atomic E-state index is -1.91. The predicted molar refractivity (Wildman–Crippen MR) is 145 cm³/mol. The highest BCUT2D eigenvalue weighted by molar-refractivity contribution is 6.53. The largest absolute Gasteiger partial charge is 0.507 e. The number of carbonyl (C=O) groups is 5. The molecule has 2 aromatic rings. The standard InChI is InChI=1S/C29H26Cl2N2O7/c1-32-26(39)28(30)13-19-17(8-9-18-22(19)25(38)33(24(18)37)12-4-7-21(35)36)23(29(28,31)27(32)40)16-10-11-20(34)15-6-3-2-5-14(15)16/h2-3,5-6,8,10-11,18-19,22-23,34H,4,7,9,12-13H2,1H3,(H,35,36). The number of amides is 4. The van der Waals surface area contributed by atoms with Crippen LogP contribution in [0.25, 0.3) is 10.8 Å². The van der Waals surface area contributed by atoms with Gasteiger partial charge in [0.15, 0.2) is 9.75 Å². The van der Waals surface area contributed by atoms with Gasteiger partial charge in [0.2, 0.25) is 11.8 Å². The molecule has 3 fully saturated rings. The quantitative estimate of drug-likeness (QED) is 0.312. The Morgan fingerprint density at radius 3 is 2.40 bits per heavy atom. The number of halogens is 2. The monoisotopic (exact) mass is 584 g/mol. The maximum atomic E-state index is 13.7. The molecule has 6 unspecified atom stereocenters. The molecule has 2 aromatic carbocycles. The van der Waals surface area contributed by atoms with Crippen LogP contribution in [0.1, 0.15) is 37.2 Å². The van der Waals surface area contributed by atoms with Crippen molar-refractivity contribution in [3.63, 3.8) is 0 Å². The van der Waals surface area contributed by atoms with Gasteiger partial charge >= 0.3 is 5.97 Å². The molecule has 0 aromatic heterocycles. The number of nitrogens with zero attached hydrogens (tertiary/aromatic N) is 2. The van der Waals surface area contributed by atoms with Crippen LogP contribution in [-0.4, -0.2) is 73.0 Å². The van der Waals surface area contributed by atoms with Crippen LogP contribution in [0.5, 0.6) is 5.75 Å². The Kier molecular flexibility index (Phi) is 6.05. The first-order valence-corrected chi connectivity index (χ1v) is 13.9. The van der Waals surface area contributed by atoms with Crippen molar-refractivity contribution in [1.82, 2.24) is 9.80 Å². The smallest absolute Gasteiger partial charge is 0.303 e. The number of carbonyl (C=O) groups excluding carboxylic acids is 4. The van der Waals surface area contributed by atoms with Crippen LogP contribution in [0.4, 0.5) is 0 Å². The molecule has 40 heavy (non-hydrogen) atoms. The molecule has 4 aliphatic rings. The fourth-order valence-electron chi connectivity index (χ4n) is 7.32. The number of phenols is 1. The summed E-state index contributed by atoms with van der Waals surface area (Å²) in [5.41, 5.74) is 1.24. The molecule has 6 rings (SSSR count). The Balaban J connectivity index is 1.52. The second-order valence-electron chi connectivity index (χ2n) is 11.0. The summed E-state index contributed by atoms with van der Waals surface area (Å²) in [6.45, 7) is -0.0172. The second kappa shape index (κ2) is 9.04. The van der Waals surface area contributed by atoms with E-state index >= 15 is 0 Å². The van der Waals surface area contributed by atoms with E-state index in [0.29, 0.717) is 21.9 Å². The maximum absolute atomic E-state index is 13.7. The number of carboxylic acid groups (broad SMARTS) is 1. The van der Waals surface area contributed by atoms with Crippen LogP contribution in [0.2, 0.25) is 0 Å². The number of alkyl halides is 2. The van der Waals surface area contributed by atoms with Gasteiger partial charge in [0.25, 0.3) is 11.8 Å². The number of rotatable bonds is 5. The molecular formula is C29H26Cl2N2O7. The Morgan fingerprint density at radius 2 is 1.70 bits per heavy atom. The number of benzene rings is 2. The van der Waals surface area contributed by atoms with Crippen molar-refractivity contribution in [2.24, 2.45) is 17.8 Å². The summed E-state index contributed by atoms with van der Waals surface area (Å²) < 4.78 is 0. The third-order valence-electron chi connectivity index (χ3n) is 9.12. The highest BCUT2D eigenvalue weighted by atomic mass is 35.5. The van der Waals surface area contributed by atoms with Crippen molar-refractivity contribution in [2.45, 2.75) is 41.3 Å². The van der Waals surface area contributed by atoms with E-state index in [0.717, 1.165) is 9.80 Å². The van der Waals surface area contributed by atoms with Gasteiger partial charge in [-0.25, -0.2) is 0 Å². The van der Waals surface area contributed by atoms with Crippen molar-refractivity contribution in [1.29, 1.82) is 0 Å². The Bertz CT molecular complexity index is 1560. The van der Waals surface area contributed by atoms with Crippen molar-refractivity contribution >= 4 is 63.6 Å². The number of fused-ring (bicyclic) bond motifs is 5.